The van der Waals surface area contributed by atoms with E-state index in [9.17, 15) is 19.3 Å². The molecular formula is C37H45FN4O10. The van der Waals surface area contributed by atoms with Crippen molar-refractivity contribution in [2.24, 2.45) is 0 Å². The SMILES string of the molecule is COCCCN1CCOc2ccc(CO[C@H]3CNC[C@@H](OC(=O)OC(C)O[N+](=O)[O-])[C@@H]3c3ccc(O[C@H]4CCN(c5cccc(F)c5)C4)cc3)cc21. The van der Waals surface area contributed by atoms with Crippen molar-refractivity contribution in [1.82, 2.24) is 5.32 Å². The molecule has 3 aromatic rings. The molecule has 0 spiro atoms. The third-order valence-corrected chi connectivity index (χ3v) is 9.35. The molecule has 14 nitrogen and oxygen atoms in total. The number of hydrogen-bond donors (Lipinski definition) is 1. The van der Waals surface area contributed by atoms with E-state index in [4.69, 9.17) is 28.4 Å². The van der Waals surface area contributed by atoms with Crippen LogP contribution < -0.4 is 24.6 Å². The van der Waals surface area contributed by atoms with Gasteiger partial charge in [-0.2, -0.15) is 0 Å². The monoisotopic (exact) mass is 724 g/mol. The second kappa shape index (κ2) is 17.6. The number of anilines is 2. The molecule has 3 aliphatic rings. The molecule has 0 aromatic heterocycles. The Kier molecular flexibility index (Phi) is 12.5. The molecule has 2 fully saturated rings. The number of piperidine rings is 1. The minimum Gasteiger partial charge on any atom is -0.490 e. The minimum atomic E-state index is -1.45. The number of nitrogens with zero attached hydrogens (tertiary/aromatic N) is 3. The van der Waals surface area contributed by atoms with Gasteiger partial charge in [-0.3, -0.25) is 4.84 Å². The first-order valence-corrected chi connectivity index (χ1v) is 17.5. The van der Waals surface area contributed by atoms with Crippen molar-refractivity contribution in [3.8, 4) is 11.5 Å². The van der Waals surface area contributed by atoms with Gasteiger partial charge in [0.05, 0.1) is 31.5 Å². The minimum absolute atomic E-state index is 0.0729. The summed E-state index contributed by atoms with van der Waals surface area (Å²) in [7, 11) is 1.70. The maximum absolute atomic E-state index is 13.8. The number of fused-ring (bicyclic) bond motifs is 1. The maximum atomic E-state index is 13.8. The Morgan fingerprint density at radius 2 is 1.92 bits per heavy atom. The number of nitrogens with one attached hydrogen (secondary N) is 1. The number of halogens is 1. The third kappa shape index (κ3) is 9.72. The van der Waals surface area contributed by atoms with Gasteiger partial charge in [0.15, 0.2) is 0 Å². The van der Waals surface area contributed by atoms with Crippen LogP contribution in [0.1, 0.15) is 36.8 Å². The normalized spacial score (nSPS) is 21.8. The van der Waals surface area contributed by atoms with Gasteiger partial charge >= 0.3 is 6.16 Å². The summed E-state index contributed by atoms with van der Waals surface area (Å²) in [5, 5.41) is 13.0. The molecule has 2 saturated heterocycles. The quantitative estimate of drug-likeness (QED) is 0.0734. The summed E-state index contributed by atoms with van der Waals surface area (Å²) in [6.07, 6.45) is -2.09. The van der Waals surface area contributed by atoms with Gasteiger partial charge in [0, 0.05) is 57.9 Å². The molecule has 280 valence electrons. The number of rotatable bonds is 15. The predicted molar refractivity (Wildman–Crippen MR) is 188 cm³/mol. The molecule has 3 aromatic carbocycles. The summed E-state index contributed by atoms with van der Waals surface area (Å²) in [6, 6.07) is 20.2. The Hall–Kier alpha value is -4.86. The lowest BCUT2D eigenvalue weighted by atomic mass is 9.85. The third-order valence-electron chi connectivity index (χ3n) is 9.35. The van der Waals surface area contributed by atoms with Gasteiger partial charge in [-0.15, -0.1) is 10.1 Å². The molecule has 0 radical (unpaired) electrons. The molecule has 1 N–H and O–H groups in total. The fourth-order valence-corrected chi connectivity index (χ4v) is 6.93. The van der Waals surface area contributed by atoms with Crippen LogP contribution in [0.3, 0.4) is 0 Å². The molecule has 6 rings (SSSR count). The molecular weight excluding hydrogens is 679 g/mol. The van der Waals surface area contributed by atoms with Crippen LogP contribution in [-0.4, -0.2) is 95.4 Å². The van der Waals surface area contributed by atoms with Gasteiger partial charge in [0.1, 0.15) is 36.1 Å². The van der Waals surface area contributed by atoms with Gasteiger partial charge in [-0.1, -0.05) is 24.3 Å². The van der Waals surface area contributed by atoms with E-state index in [2.05, 4.69) is 26.0 Å². The smallest absolute Gasteiger partial charge is 0.490 e. The zero-order valence-corrected chi connectivity index (χ0v) is 29.3. The summed E-state index contributed by atoms with van der Waals surface area (Å²) in [5.74, 6) is 0.810. The van der Waals surface area contributed by atoms with E-state index in [0.717, 1.165) is 60.7 Å². The zero-order valence-electron chi connectivity index (χ0n) is 29.3. The van der Waals surface area contributed by atoms with Crippen molar-refractivity contribution < 1.29 is 47.5 Å². The number of carbonyl (C=O) groups excluding carboxylic acids is 1. The average Bonchev–Trinajstić information content (AvgIpc) is 3.59. The van der Waals surface area contributed by atoms with Crippen molar-refractivity contribution in [2.45, 2.75) is 56.9 Å². The van der Waals surface area contributed by atoms with Gasteiger partial charge in [-0.05, 0) is 66.9 Å². The lowest BCUT2D eigenvalue weighted by Crippen LogP contribution is -2.51. The fraction of sp³-hybridized carbons (Fsp3) is 0.486. The zero-order chi connectivity index (χ0) is 36.5. The lowest BCUT2D eigenvalue weighted by molar-refractivity contribution is -0.777. The highest BCUT2D eigenvalue weighted by atomic mass is 19.1. The predicted octanol–water partition coefficient (Wildman–Crippen LogP) is 5.07. The molecule has 0 bridgehead atoms. The van der Waals surface area contributed by atoms with Gasteiger partial charge in [-0.25, -0.2) is 9.18 Å². The van der Waals surface area contributed by atoms with Crippen molar-refractivity contribution in [3.63, 3.8) is 0 Å². The summed E-state index contributed by atoms with van der Waals surface area (Å²) < 4.78 is 48.5. The van der Waals surface area contributed by atoms with E-state index < -0.39 is 35.7 Å². The fourth-order valence-electron chi connectivity index (χ4n) is 6.93. The highest BCUT2D eigenvalue weighted by Crippen LogP contribution is 2.35. The molecule has 0 amide bonds. The van der Waals surface area contributed by atoms with Crippen molar-refractivity contribution in [2.75, 3.05) is 69.4 Å². The van der Waals surface area contributed by atoms with Crippen molar-refractivity contribution in [1.29, 1.82) is 0 Å². The molecule has 5 atom stereocenters. The average molecular weight is 725 g/mol. The molecule has 52 heavy (non-hydrogen) atoms. The van der Waals surface area contributed by atoms with E-state index in [1.807, 2.05) is 42.5 Å². The van der Waals surface area contributed by atoms with Crippen LogP contribution in [0.2, 0.25) is 0 Å². The highest BCUT2D eigenvalue weighted by molar-refractivity contribution is 5.61. The molecule has 0 saturated carbocycles. The van der Waals surface area contributed by atoms with E-state index in [0.29, 0.717) is 38.6 Å². The Balaban J connectivity index is 1.15. The Labute approximate surface area is 301 Å². The molecule has 3 heterocycles. The maximum Gasteiger partial charge on any atom is 0.510 e. The van der Waals surface area contributed by atoms with Crippen molar-refractivity contribution in [3.05, 3.63) is 93.8 Å². The molecule has 0 aliphatic carbocycles. The van der Waals surface area contributed by atoms with E-state index in [1.165, 1.54) is 19.1 Å². The number of ether oxygens (including phenoxy) is 6. The van der Waals surface area contributed by atoms with E-state index >= 15 is 0 Å². The first-order chi connectivity index (χ1) is 25.2. The van der Waals surface area contributed by atoms with E-state index in [1.54, 1.807) is 13.2 Å². The summed E-state index contributed by atoms with van der Waals surface area (Å²) in [6.45, 7) is 6.59. The van der Waals surface area contributed by atoms with E-state index in [-0.39, 0.29) is 18.5 Å². The Bertz CT molecular complexity index is 1650. The molecule has 3 aliphatic heterocycles. The number of carbonyl (C=O) groups is 1. The number of benzene rings is 3. The topological polar surface area (TPSA) is 143 Å². The van der Waals surface area contributed by atoms with Gasteiger partial charge in [0.25, 0.3) is 5.09 Å². The van der Waals surface area contributed by atoms with Gasteiger partial charge < -0.3 is 43.5 Å². The summed E-state index contributed by atoms with van der Waals surface area (Å²) in [4.78, 5) is 32.2. The Morgan fingerprint density at radius 3 is 2.71 bits per heavy atom. The first-order valence-electron chi connectivity index (χ1n) is 17.5. The van der Waals surface area contributed by atoms with Crippen LogP contribution in [0.5, 0.6) is 11.5 Å². The van der Waals surface area contributed by atoms with Crippen LogP contribution in [-0.2, 0) is 30.4 Å². The largest absolute Gasteiger partial charge is 0.510 e. The summed E-state index contributed by atoms with van der Waals surface area (Å²) >= 11 is 0. The second-order valence-corrected chi connectivity index (χ2v) is 13.0. The Morgan fingerprint density at radius 1 is 1.10 bits per heavy atom. The highest BCUT2D eigenvalue weighted by Gasteiger charge is 2.39. The number of hydrogen-bond acceptors (Lipinski definition) is 13. The van der Waals surface area contributed by atoms with Crippen LogP contribution in [0.15, 0.2) is 66.7 Å². The number of methoxy groups -OCH3 is 1. The standard InChI is InChI=1S/C37H45FN4O10/c1-25(52-42(44)45)49-37(43)51-35-22-39-21-34(48-24-26-7-12-33-32(19-26)40(16-18-47-33)14-4-17-46-2)36(35)27-8-10-30(11-9-27)50-31-13-15-41(23-31)29-6-3-5-28(38)20-29/h3,5-12,19-20,25,31,34-36,39H,4,13-18,21-24H2,1-2H3/t25?,31-,34-,35+,36+/m0/s1. The van der Waals surface area contributed by atoms with Crippen LogP contribution in [0.25, 0.3) is 0 Å². The second-order valence-electron chi connectivity index (χ2n) is 13.0. The molecule has 15 heteroatoms. The lowest BCUT2D eigenvalue weighted by Gasteiger charge is -2.38. The van der Waals surface area contributed by atoms with Crippen molar-refractivity contribution >= 4 is 17.5 Å². The summed E-state index contributed by atoms with van der Waals surface area (Å²) in [5.41, 5.74) is 3.64. The molecule has 1 unspecified atom stereocenters. The first kappa shape index (κ1) is 36.9. The van der Waals surface area contributed by atoms with Gasteiger partial charge in [0.2, 0.25) is 6.29 Å². The van der Waals surface area contributed by atoms with Crippen LogP contribution in [0, 0.1) is 15.9 Å². The van der Waals surface area contributed by atoms with Crippen LogP contribution >= 0.6 is 0 Å². The van der Waals surface area contributed by atoms with Crippen LogP contribution in [0.4, 0.5) is 20.6 Å².